The fourth-order valence-corrected chi connectivity index (χ4v) is 5.55. The van der Waals surface area contributed by atoms with Gasteiger partial charge in [0.15, 0.2) is 0 Å². The molecule has 1 saturated carbocycles. The molecule has 2 aliphatic rings. The first kappa shape index (κ1) is 20.6. The van der Waals surface area contributed by atoms with Crippen LogP contribution in [0.25, 0.3) is 10.2 Å². The fraction of sp³-hybridized carbons (Fsp3) is 0.611. The molecule has 0 bridgehead atoms. The molecule has 1 amide bonds. The topological polar surface area (TPSA) is 101 Å². The highest BCUT2D eigenvalue weighted by atomic mass is 35.5. The molecule has 27 heavy (non-hydrogen) atoms. The van der Waals surface area contributed by atoms with Crippen molar-refractivity contribution >= 4 is 51.6 Å². The summed E-state index contributed by atoms with van der Waals surface area (Å²) < 4.78 is 0. The number of hydrogen-bond donors (Lipinski definition) is 3. The molecule has 2 aromatic rings. The van der Waals surface area contributed by atoms with Crippen molar-refractivity contribution in [3.8, 4) is 0 Å². The molecule has 4 rings (SSSR count). The maximum Gasteiger partial charge on any atom is 0.259 e. The minimum atomic E-state index is -0.0168. The Morgan fingerprint density at radius 1 is 1.41 bits per heavy atom. The van der Waals surface area contributed by atoms with Crippen LogP contribution in [-0.2, 0) is 23.4 Å². The van der Waals surface area contributed by atoms with E-state index in [0.717, 1.165) is 29.5 Å². The van der Waals surface area contributed by atoms with E-state index in [4.69, 9.17) is 5.73 Å². The molecule has 6 nitrogen and oxygen atoms in total. The second-order valence-electron chi connectivity index (χ2n) is 7.16. The van der Waals surface area contributed by atoms with Gasteiger partial charge in [-0.2, -0.15) is 11.8 Å². The minimum absolute atomic E-state index is 0. The number of nitrogens with two attached hydrogens (primary N) is 1. The number of rotatable bonds is 8. The molecule has 4 N–H and O–H groups in total. The lowest BCUT2D eigenvalue weighted by Gasteiger charge is -2.11. The van der Waals surface area contributed by atoms with Crippen LogP contribution in [0.1, 0.15) is 41.9 Å². The molecule has 0 radical (unpaired) electrons. The van der Waals surface area contributed by atoms with Crippen LogP contribution in [-0.4, -0.2) is 34.2 Å². The molecule has 9 heteroatoms. The summed E-state index contributed by atoms with van der Waals surface area (Å²) in [6.07, 6.45) is 6.04. The zero-order chi connectivity index (χ0) is 18.1. The number of aryl methyl sites for hydroxylation is 2. The predicted molar refractivity (Wildman–Crippen MR) is 114 cm³/mol. The van der Waals surface area contributed by atoms with E-state index in [2.05, 4.69) is 15.3 Å². The van der Waals surface area contributed by atoms with Gasteiger partial charge in [0, 0.05) is 29.6 Å². The van der Waals surface area contributed by atoms with Crippen LogP contribution in [0.5, 0.6) is 0 Å². The van der Waals surface area contributed by atoms with Gasteiger partial charge in [0.25, 0.3) is 5.56 Å². The van der Waals surface area contributed by atoms with Crippen molar-refractivity contribution in [2.24, 2.45) is 11.7 Å². The third-order valence-electron chi connectivity index (χ3n) is 5.10. The Labute approximate surface area is 172 Å². The highest BCUT2D eigenvalue weighted by Crippen LogP contribution is 2.34. The number of H-pyrrole nitrogens is 1. The maximum absolute atomic E-state index is 12.4. The normalized spacial score (nSPS) is 16.8. The SMILES string of the molecule is Cl.NC(CNC(=O)CCSCc1nc2sc3c(c2c(=O)[nH]1)CCC3)C1CC1. The first-order valence-electron chi connectivity index (χ1n) is 9.25. The fourth-order valence-electron chi connectivity index (χ4n) is 3.46. The van der Waals surface area contributed by atoms with Crippen LogP contribution in [0.15, 0.2) is 4.79 Å². The molecule has 1 unspecified atom stereocenters. The van der Waals surface area contributed by atoms with Crippen molar-refractivity contribution in [1.29, 1.82) is 0 Å². The van der Waals surface area contributed by atoms with E-state index < -0.39 is 0 Å². The molecule has 0 saturated heterocycles. The maximum atomic E-state index is 12.4. The Balaban J connectivity index is 0.00000210. The summed E-state index contributed by atoms with van der Waals surface area (Å²) in [5.41, 5.74) is 7.17. The molecule has 148 valence electrons. The summed E-state index contributed by atoms with van der Waals surface area (Å²) in [5.74, 6) is 2.65. The Kier molecular flexibility index (Phi) is 6.83. The molecule has 0 aromatic carbocycles. The number of halogens is 1. The van der Waals surface area contributed by atoms with Gasteiger partial charge in [-0.15, -0.1) is 23.7 Å². The van der Waals surface area contributed by atoms with Crippen molar-refractivity contribution in [2.45, 2.75) is 50.3 Å². The molecular formula is C18H25ClN4O2S2. The van der Waals surface area contributed by atoms with E-state index in [-0.39, 0.29) is 29.9 Å². The Morgan fingerprint density at radius 2 is 2.22 bits per heavy atom. The molecule has 1 atom stereocenters. The highest BCUT2D eigenvalue weighted by Gasteiger charge is 2.28. The van der Waals surface area contributed by atoms with Crippen LogP contribution in [0, 0.1) is 5.92 Å². The van der Waals surface area contributed by atoms with E-state index in [1.807, 2.05) is 0 Å². The quantitative estimate of drug-likeness (QED) is 0.560. The van der Waals surface area contributed by atoms with Gasteiger partial charge in [-0.05, 0) is 43.6 Å². The van der Waals surface area contributed by atoms with Crippen LogP contribution in [0.3, 0.4) is 0 Å². The highest BCUT2D eigenvalue weighted by molar-refractivity contribution is 7.98. The van der Waals surface area contributed by atoms with E-state index in [1.54, 1.807) is 23.1 Å². The van der Waals surface area contributed by atoms with Crippen molar-refractivity contribution in [1.82, 2.24) is 15.3 Å². The Bertz CT molecular complexity index is 878. The molecule has 2 aliphatic carbocycles. The average Bonchev–Trinajstić information content (AvgIpc) is 3.27. The zero-order valence-corrected chi connectivity index (χ0v) is 17.5. The summed E-state index contributed by atoms with van der Waals surface area (Å²) >= 11 is 3.27. The number of nitrogens with zero attached hydrogens (tertiary/aromatic N) is 1. The van der Waals surface area contributed by atoms with Crippen LogP contribution < -0.4 is 16.6 Å². The second kappa shape index (κ2) is 8.94. The number of carbonyl (C=O) groups is 1. The largest absolute Gasteiger partial charge is 0.355 e. The third kappa shape index (κ3) is 4.85. The second-order valence-corrected chi connectivity index (χ2v) is 9.35. The summed E-state index contributed by atoms with van der Waals surface area (Å²) in [5, 5.41) is 3.70. The molecule has 0 spiro atoms. The number of aromatic amines is 1. The molecule has 2 heterocycles. The molecule has 2 aromatic heterocycles. The monoisotopic (exact) mass is 428 g/mol. The lowest BCUT2D eigenvalue weighted by atomic mass is 10.2. The van der Waals surface area contributed by atoms with Gasteiger partial charge in [0.2, 0.25) is 5.91 Å². The third-order valence-corrected chi connectivity index (χ3v) is 7.25. The van der Waals surface area contributed by atoms with Crippen LogP contribution >= 0.6 is 35.5 Å². The standard InChI is InChI=1S/C18H24N4O2S2.ClH/c19-12(10-4-5-10)8-20-15(23)6-7-25-9-14-21-17(24)16-11-2-1-3-13(11)26-18(16)22-14;/h10,12H,1-9,19H2,(H,20,23)(H,21,22,24);1H. The van der Waals surface area contributed by atoms with Gasteiger partial charge in [-0.3, -0.25) is 9.59 Å². The number of thiophene rings is 1. The minimum Gasteiger partial charge on any atom is -0.355 e. The van der Waals surface area contributed by atoms with Gasteiger partial charge in [0.1, 0.15) is 10.7 Å². The first-order chi connectivity index (χ1) is 12.6. The summed E-state index contributed by atoms with van der Waals surface area (Å²) in [6, 6.07) is 0.0972. The van der Waals surface area contributed by atoms with Gasteiger partial charge in [-0.25, -0.2) is 4.98 Å². The number of aromatic nitrogens is 2. The molecule has 0 aliphatic heterocycles. The first-order valence-corrected chi connectivity index (χ1v) is 11.2. The van der Waals surface area contributed by atoms with Crippen LogP contribution in [0.4, 0.5) is 0 Å². The van der Waals surface area contributed by atoms with E-state index >= 15 is 0 Å². The van der Waals surface area contributed by atoms with E-state index in [1.165, 1.54) is 23.3 Å². The van der Waals surface area contributed by atoms with Gasteiger partial charge < -0.3 is 16.0 Å². The van der Waals surface area contributed by atoms with Crippen molar-refractivity contribution in [3.05, 3.63) is 26.6 Å². The Hall–Kier alpha value is -1.09. The lowest BCUT2D eigenvalue weighted by molar-refractivity contribution is -0.120. The number of fused-ring (bicyclic) bond motifs is 3. The predicted octanol–water partition coefficient (Wildman–Crippen LogP) is 2.37. The summed E-state index contributed by atoms with van der Waals surface area (Å²) in [7, 11) is 0. The summed E-state index contributed by atoms with van der Waals surface area (Å²) in [6.45, 7) is 0.572. The smallest absolute Gasteiger partial charge is 0.259 e. The van der Waals surface area contributed by atoms with Crippen molar-refractivity contribution in [3.63, 3.8) is 0 Å². The number of amides is 1. The summed E-state index contributed by atoms with van der Waals surface area (Å²) in [4.78, 5) is 34.0. The molecular weight excluding hydrogens is 404 g/mol. The van der Waals surface area contributed by atoms with Crippen LogP contribution in [0.2, 0.25) is 0 Å². The van der Waals surface area contributed by atoms with Gasteiger partial charge in [0.05, 0.1) is 11.1 Å². The molecule has 1 fully saturated rings. The Morgan fingerprint density at radius 3 is 3.00 bits per heavy atom. The van der Waals surface area contributed by atoms with Gasteiger partial charge >= 0.3 is 0 Å². The average molecular weight is 429 g/mol. The van der Waals surface area contributed by atoms with Gasteiger partial charge in [-0.1, -0.05) is 0 Å². The number of nitrogens with one attached hydrogen (secondary N) is 2. The number of thioether (sulfide) groups is 1. The van der Waals surface area contributed by atoms with E-state index in [0.29, 0.717) is 36.2 Å². The van der Waals surface area contributed by atoms with Crippen molar-refractivity contribution in [2.75, 3.05) is 12.3 Å². The number of carbonyl (C=O) groups excluding carboxylic acids is 1. The zero-order valence-electron chi connectivity index (χ0n) is 15.1. The van der Waals surface area contributed by atoms with E-state index in [9.17, 15) is 9.59 Å². The van der Waals surface area contributed by atoms with Crippen molar-refractivity contribution < 1.29 is 4.79 Å². The lowest BCUT2D eigenvalue weighted by Crippen LogP contribution is -2.38. The number of hydrogen-bond acceptors (Lipinski definition) is 6.